The molecule has 0 radical (unpaired) electrons. The van der Waals surface area contributed by atoms with E-state index in [9.17, 15) is 0 Å². The highest BCUT2D eigenvalue weighted by atomic mass is 14.4. The Morgan fingerprint density at radius 1 is 1.36 bits per heavy atom. The summed E-state index contributed by atoms with van der Waals surface area (Å²) in [6.45, 7) is 7.69. The molecule has 1 rings (SSSR count). The molecule has 0 heterocycles. The minimum Gasteiger partial charge on any atom is -0.300 e. The van der Waals surface area contributed by atoms with Crippen molar-refractivity contribution in [2.24, 2.45) is 0 Å². The van der Waals surface area contributed by atoms with Crippen molar-refractivity contribution >= 4 is 5.71 Å². The van der Waals surface area contributed by atoms with Crippen molar-refractivity contribution in [2.75, 3.05) is 0 Å². The van der Waals surface area contributed by atoms with Crippen molar-refractivity contribution in [2.45, 2.75) is 13.8 Å². The van der Waals surface area contributed by atoms with Crippen LogP contribution in [0.5, 0.6) is 0 Å². The second-order valence-electron chi connectivity index (χ2n) is 3.04. The van der Waals surface area contributed by atoms with Crippen molar-refractivity contribution in [3.63, 3.8) is 0 Å². The molecule has 1 N–H and O–H groups in total. The van der Waals surface area contributed by atoms with Gasteiger partial charge in [0.15, 0.2) is 0 Å². The lowest BCUT2D eigenvalue weighted by Crippen LogP contribution is -2.01. The Hall–Kier alpha value is -1.63. The maximum absolute atomic E-state index is 7.65. The van der Waals surface area contributed by atoms with E-state index >= 15 is 0 Å². The summed E-state index contributed by atoms with van der Waals surface area (Å²) in [4.78, 5) is 0. The third-order valence-corrected chi connectivity index (χ3v) is 2.23. The lowest BCUT2D eigenvalue weighted by atomic mass is 9.95. The SMILES string of the molecule is C=C/C(=C\C)C1=C/C(=C/C)C(=N)C=C1. The van der Waals surface area contributed by atoms with Crippen LogP contribution in [-0.4, -0.2) is 5.71 Å². The Bertz CT molecular complexity index is 370. The van der Waals surface area contributed by atoms with Gasteiger partial charge in [-0.1, -0.05) is 30.9 Å². The fourth-order valence-electron chi connectivity index (χ4n) is 1.38. The second kappa shape index (κ2) is 4.56. The monoisotopic (exact) mass is 185 g/mol. The van der Waals surface area contributed by atoms with Crippen LogP contribution in [-0.2, 0) is 0 Å². The van der Waals surface area contributed by atoms with E-state index in [1.807, 2.05) is 50.3 Å². The standard InChI is InChI=1S/C13H15N/c1-4-10(5-2)12-7-8-13(14)11(6-3)9-12/h4-9,14H,1H2,2-3H3/b10-5+,11-6-,14-13?. The van der Waals surface area contributed by atoms with E-state index in [-0.39, 0.29) is 0 Å². The summed E-state index contributed by atoms with van der Waals surface area (Å²) in [7, 11) is 0. The molecule has 0 unspecified atom stereocenters. The van der Waals surface area contributed by atoms with E-state index in [1.54, 1.807) is 0 Å². The van der Waals surface area contributed by atoms with Crippen molar-refractivity contribution in [1.82, 2.24) is 0 Å². The summed E-state index contributed by atoms with van der Waals surface area (Å²) in [5.74, 6) is 0. The number of hydrogen-bond donors (Lipinski definition) is 1. The van der Waals surface area contributed by atoms with Crippen LogP contribution >= 0.6 is 0 Å². The molecule has 0 fully saturated rings. The zero-order chi connectivity index (χ0) is 10.6. The molecule has 0 aromatic rings. The van der Waals surface area contributed by atoms with Gasteiger partial charge in [-0.25, -0.2) is 0 Å². The highest BCUT2D eigenvalue weighted by Crippen LogP contribution is 2.20. The predicted molar refractivity (Wildman–Crippen MR) is 62.7 cm³/mol. The minimum atomic E-state index is 0.566. The average molecular weight is 185 g/mol. The molecule has 0 aromatic carbocycles. The first kappa shape index (κ1) is 10.5. The predicted octanol–water partition coefficient (Wildman–Crippen LogP) is 3.58. The third kappa shape index (κ3) is 1.99. The van der Waals surface area contributed by atoms with Gasteiger partial charge in [0.2, 0.25) is 0 Å². The van der Waals surface area contributed by atoms with Crippen LogP contribution in [0, 0.1) is 5.41 Å². The normalized spacial score (nSPS) is 19.9. The molecule has 0 atom stereocenters. The first-order valence-corrected chi connectivity index (χ1v) is 4.67. The number of nitrogens with one attached hydrogen (secondary N) is 1. The van der Waals surface area contributed by atoms with Gasteiger partial charge in [0.25, 0.3) is 0 Å². The summed E-state index contributed by atoms with van der Waals surface area (Å²) in [5.41, 5.74) is 3.75. The highest BCUT2D eigenvalue weighted by molar-refractivity contribution is 6.10. The van der Waals surface area contributed by atoms with Gasteiger partial charge in [-0.2, -0.15) is 0 Å². The molecule has 0 spiro atoms. The summed E-state index contributed by atoms with van der Waals surface area (Å²) in [6, 6.07) is 0. The van der Waals surface area contributed by atoms with Crippen LogP contribution in [0.3, 0.4) is 0 Å². The van der Waals surface area contributed by atoms with E-state index in [1.165, 1.54) is 0 Å². The van der Waals surface area contributed by atoms with E-state index in [2.05, 4.69) is 6.58 Å². The van der Waals surface area contributed by atoms with Crippen molar-refractivity contribution in [1.29, 1.82) is 5.41 Å². The minimum absolute atomic E-state index is 0.566. The molecule has 0 saturated carbocycles. The molecule has 0 aromatic heterocycles. The zero-order valence-electron chi connectivity index (χ0n) is 8.67. The highest BCUT2D eigenvalue weighted by Gasteiger charge is 2.07. The molecule has 1 aliphatic carbocycles. The molecule has 0 aliphatic heterocycles. The smallest absolute Gasteiger partial charge is 0.0609 e. The van der Waals surface area contributed by atoms with Crippen LogP contribution in [0.15, 0.2) is 59.8 Å². The third-order valence-electron chi connectivity index (χ3n) is 2.23. The van der Waals surface area contributed by atoms with Gasteiger partial charge in [0, 0.05) is 0 Å². The first-order valence-electron chi connectivity index (χ1n) is 4.67. The van der Waals surface area contributed by atoms with Gasteiger partial charge in [0.05, 0.1) is 5.71 Å². The van der Waals surface area contributed by atoms with E-state index in [4.69, 9.17) is 5.41 Å². The second-order valence-corrected chi connectivity index (χ2v) is 3.04. The lowest BCUT2D eigenvalue weighted by molar-refractivity contribution is 1.42. The van der Waals surface area contributed by atoms with Crippen LogP contribution in [0.25, 0.3) is 0 Å². The number of rotatable bonds is 2. The first-order chi connectivity index (χ1) is 6.72. The summed E-state index contributed by atoms with van der Waals surface area (Å²) >= 11 is 0. The topological polar surface area (TPSA) is 23.9 Å². The maximum atomic E-state index is 7.65. The maximum Gasteiger partial charge on any atom is 0.0609 e. The van der Waals surface area contributed by atoms with Crippen LogP contribution in [0.2, 0.25) is 0 Å². The molecule has 0 amide bonds. The summed E-state index contributed by atoms with van der Waals surface area (Å²) in [6.07, 6.45) is 11.6. The Kier molecular flexibility index (Phi) is 3.41. The molecular formula is C13H15N. The molecular weight excluding hydrogens is 170 g/mol. The molecule has 1 aliphatic rings. The van der Waals surface area contributed by atoms with E-state index in [0.29, 0.717) is 5.71 Å². The fraction of sp³-hybridized carbons (Fsp3) is 0.154. The number of hydrogen-bond acceptors (Lipinski definition) is 1. The average Bonchev–Trinajstić information content (AvgIpc) is 2.22. The molecule has 1 heteroatoms. The van der Waals surface area contributed by atoms with Gasteiger partial charge in [0.1, 0.15) is 0 Å². The quantitative estimate of drug-likeness (QED) is 0.636. The van der Waals surface area contributed by atoms with Crippen LogP contribution < -0.4 is 0 Å². The van der Waals surface area contributed by atoms with Crippen molar-refractivity contribution < 1.29 is 0 Å². The number of allylic oxidation sites excluding steroid dienone is 9. The Balaban J connectivity index is 3.10. The molecule has 14 heavy (non-hydrogen) atoms. The zero-order valence-corrected chi connectivity index (χ0v) is 8.67. The Morgan fingerprint density at radius 2 is 2.07 bits per heavy atom. The van der Waals surface area contributed by atoms with E-state index < -0.39 is 0 Å². The molecule has 0 bridgehead atoms. The Labute approximate surface area is 85.4 Å². The summed E-state index contributed by atoms with van der Waals surface area (Å²) in [5, 5.41) is 7.65. The van der Waals surface area contributed by atoms with Gasteiger partial charge in [-0.3, -0.25) is 0 Å². The fourth-order valence-corrected chi connectivity index (χ4v) is 1.38. The van der Waals surface area contributed by atoms with Crippen LogP contribution in [0.1, 0.15) is 13.8 Å². The summed E-state index contributed by atoms with van der Waals surface area (Å²) < 4.78 is 0. The van der Waals surface area contributed by atoms with Crippen molar-refractivity contribution in [3.05, 3.63) is 59.8 Å². The molecule has 72 valence electrons. The van der Waals surface area contributed by atoms with Gasteiger partial charge >= 0.3 is 0 Å². The van der Waals surface area contributed by atoms with Crippen molar-refractivity contribution in [3.8, 4) is 0 Å². The van der Waals surface area contributed by atoms with Crippen LogP contribution in [0.4, 0.5) is 0 Å². The van der Waals surface area contributed by atoms with Gasteiger partial charge in [-0.05, 0) is 42.7 Å². The molecule has 0 saturated heterocycles. The van der Waals surface area contributed by atoms with E-state index in [0.717, 1.165) is 16.7 Å². The van der Waals surface area contributed by atoms with Gasteiger partial charge in [-0.15, -0.1) is 0 Å². The largest absolute Gasteiger partial charge is 0.300 e. The molecule has 1 nitrogen and oxygen atoms in total. The lowest BCUT2D eigenvalue weighted by Gasteiger charge is -2.10. The van der Waals surface area contributed by atoms with Gasteiger partial charge < -0.3 is 5.41 Å². The Morgan fingerprint density at radius 3 is 2.57 bits per heavy atom.